The summed E-state index contributed by atoms with van der Waals surface area (Å²) < 4.78 is 53.5. The van der Waals surface area contributed by atoms with E-state index < -0.39 is 23.2 Å². The fourth-order valence-electron chi connectivity index (χ4n) is 3.47. The molecule has 28 heavy (non-hydrogen) atoms. The van der Waals surface area contributed by atoms with Gasteiger partial charge in [-0.2, -0.15) is 13.2 Å². The van der Waals surface area contributed by atoms with Crippen molar-refractivity contribution in [3.05, 3.63) is 47.3 Å². The van der Waals surface area contributed by atoms with Crippen molar-refractivity contribution >= 4 is 22.7 Å². The molecule has 0 aromatic heterocycles. The highest BCUT2D eigenvalue weighted by Gasteiger charge is 2.38. The van der Waals surface area contributed by atoms with Gasteiger partial charge in [0.2, 0.25) is 0 Å². The molecule has 1 aliphatic rings. The molecule has 1 heterocycles. The fourth-order valence-corrected chi connectivity index (χ4v) is 3.47. The van der Waals surface area contributed by atoms with Crippen molar-refractivity contribution in [2.45, 2.75) is 39.8 Å². The molecule has 7 heteroatoms. The van der Waals surface area contributed by atoms with E-state index in [1.165, 1.54) is 13.0 Å². The number of piperidine rings is 1. The van der Waals surface area contributed by atoms with Gasteiger partial charge in [0.05, 0.1) is 11.4 Å². The summed E-state index contributed by atoms with van der Waals surface area (Å²) in [7, 11) is 0. The van der Waals surface area contributed by atoms with Gasteiger partial charge in [0.15, 0.2) is 0 Å². The molecule has 1 aliphatic heterocycles. The molecule has 1 fully saturated rings. The van der Waals surface area contributed by atoms with Gasteiger partial charge in [0, 0.05) is 24.5 Å². The quantitative estimate of drug-likeness (QED) is 0.487. The van der Waals surface area contributed by atoms with Crippen LogP contribution in [-0.4, -0.2) is 13.1 Å². The number of nitrogens with one attached hydrogen (secondary N) is 1. The molecule has 0 saturated carbocycles. The minimum atomic E-state index is -4.86. The lowest BCUT2D eigenvalue weighted by Gasteiger charge is -2.38. The maximum Gasteiger partial charge on any atom is 0.421 e. The lowest BCUT2D eigenvalue weighted by Crippen LogP contribution is -2.37. The molecule has 0 amide bonds. The highest BCUT2D eigenvalue weighted by molar-refractivity contribution is 5.77. The largest absolute Gasteiger partial charge is 0.421 e. The summed E-state index contributed by atoms with van der Waals surface area (Å²) in [5, 5.41) is 2.89. The second-order valence-corrected chi connectivity index (χ2v) is 8.16. The number of rotatable bonds is 3. The molecule has 3 N–H and O–H groups in total. The molecule has 152 valence electrons. The van der Waals surface area contributed by atoms with Crippen LogP contribution in [0.3, 0.4) is 0 Å². The van der Waals surface area contributed by atoms with Crippen LogP contribution >= 0.6 is 0 Å². The van der Waals surface area contributed by atoms with E-state index in [1.54, 1.807) is 12.1 Å². The number of nitrogens with zero attached hydrogens (tertiary/aromatic N) is 1. The lowest BCUT2D eigenvalue weighted by atomic mass is 9.82. The first kappa shape index (κ1) is 20.3. The zero-order chi connectivity index (χ0) is 20.7. The van der Waals surface area contributed by atoms with Crippen LogP contribution in [0, 0.1) is 18.2 Å². The first-order chi connectivity index (χ1) is 13.0. The predicted octanol–water partition coefficient (Wildman–Crippen LogP) is 6.11. The van der Waals surface area contributed by atoms with Crippen molar-refractivity contribution in [3.8, 4) is 0 Å². The summed E-state index contributed by atoms with van der Waals surface area (Å²) in [4.78, 5) is 2.30. The van der Waals surface area contributed by atoms with Crippen molar-refractivity contribution < 1.29 is 17.6 Å². The third-order valence-corrected chi connectivity index (χ3v) is 5.40. The molecule has 0 radical (unpaired) electrons. The van der Waals surface area contributed by atoms with Crippen molar-refractivity contribution in [2.24, 2.45) is 5.41 Å². The van der Waals surface area contributed by atoms with E-state index in [0.717, 1.165) is 31.6 Å². The molecule has 2 aromatic carbocycles. The number of halogens is 4. The normalized spacial score (nSPS) is 16.9. The van der Waals surface area contributed by atoms with Crippen LogP contribution in [0.1, 0.15) is 37.8 Å². The van der Waals surface area contributed by atoms with Crippen molar-refractivity contribution in [2.75, 3.05) is 29.0 Å². The predicted molar refractivity (Wildman–Crippen MR) is 106 cm³/mol. The van der Waals surface area contributed by atoms with Crippen LogP contribution in [0.4, 0.5) is 40.3 Å². The van der Waals surface area contributed by atoms with Crippen LogP contribution in [0.15, 0.2) is 30.3 Å². The second-order valence-electron chi connectivity index (χ2n) is 8.16. The molecular weight excluding hydrogens is 370 g/mol. The molecule has 2 aromatic rings. The number of alkyl halides is 3. The number of anilines is 4. The van der Waals surface area contributed by atoms with E-state index in [1.807, 2.05) is 12.1 Å². The zero-order valence-corrected chi connectivity index (χ0v) is 16.3. The molecule has 1 saturated heterocycles. The maximum atomic E-state index is 14.0. The number of benzene rings is 2. The third-order valence-electron chi connectivity index (χ3n) is 5.40. The monoisotopic (exact) mass is 395 g/mol. The van der Waals surface area contributed by atoms with E-state index in [9.17, 15) is 17.6 Å². The minimum Gasteiger partial charge on any atom is -0.396 e. The van der Waals surface area contributed by atoms with Gasteiger partial charge in [-0.05, 0) is 61.1 Å². The smallest absolute Gasteiger partial charge is 0.396 e. The highest BCUT2D eigenvalue weighted by atomic mass is 19.4. The number of aryl methyl sites for hydroxylation is 1. The van der Waals surface area contributed by atoms with Crippen LogP contribution in [0.25, 0.3) is 0 Å². The minimum absolute atomic E-state index is 0.0405. The summed E-state index contributed by atoms with van der Waals surface area (Å²) in [6.07, 6.45) is -2.64. The zero-order valence-electron chi connectivity index (χ0n) is 16.3. The molecule has 3 rings (SSSR count). The molecule has 0 atom stereocenters. The van der Waals surface area contributed by atoms with Gasteiger partial charge in [-0.1, -0.05) is 13.8 Å². The van der Waals surface area contributed by atoms with E-state index >= 15 is 0 Å². The van der Waals surface area contributed by atoms with Gasteiger partial charge >= 0.3 is 6.18 Å². The Bertz CT molecular complexity index is 847. The molecule has 0 unspecified atom stereocenters. The Kier molecular flexibility index (Phi) is 5.21. The Morgan fingerprint density at radius 3 is 2.18 bits per heavy atom. The Hall–Kier alpha value is -2.44. The Balaban J connectivity index is 1.81. The Labute approximate surface area is 162 Å². The summed E-state index contributed by atoms with van der Waals surface area (Å²) in [5.41, 5.74) is 5.50. The Morgan fingerprint density at radius 1 is 1.07 bits per heavy atom. The summed E-state index contributed by atoms with van der Waals surface area (Å²) in [6.45, 7) is 7.76. The van der Waals surface area contributed by atoms with Gasteiger partial charge in [0.1, 0.15) is 11.4 Å². The third kappa shape index (κ3) is 4.18. The average Bonchev–Trinajstić information content (AvgIpc) is 2.59. The van der Waals surface area contributed by atoms with Crippen LogP contribution in [0.2, 0.25) is 0 Å². The fraction of sp³-hybridized carbons (Fsp3) is 0.429. The van der Waals surface area contributed by atoms with Crippen LogP contribution in [0.5, 0.6) is 0 Å². The van der Waals surface area contributed by atoms with Crippen LogP contribution < -0.4 is 16.0 Å². The van der Waals surface area contributed by atoms with Gasteiger partial charge in [-0.25, -0.2) is 4.39 Å². The van der Waals surface area contributed by atoms with Crippen molar-refractivity contribution in [1.82, 2.24) is 0 Å². The molecule has 0 spiro atoms. The first-order valence-corrected chi connectivity index (χ1v) is 9.26. The number of nitrogens with two attached hydrogens (primary N) is 1. The molecule has 3 nitrogen and oxygen atoms in total. The summed E-state index contributed by atoms with van der Waals surface area (Å²) >= 11 is 0. The standard InChI is InChI=1S/C21H25F4N3/c1-13-12-16(19(26)17(18(13)22)21(23,24)25)27-14-4-6-15(7-5-14)28-10-8-20(2,3)9-11-28/h4-7,12,27H,8-11,26H2,1-3H3. The maximum absolute atomic E-state index is 14.0. The van der Waals surface area contributed by atoms with E-state index in [-0.39, 0.29) is 11.3 Å². The lowest BCUT2D eigenvalue weighted by molar-refractivity contribution is -0.139. The average molecular weight is 395 g/mol. The number of nitrogen functional groups attached to an aromatic ring is 1. The van der Waals surface area contributed by atoms with Gasteiger partial charge in [-0.3, -0.25) is 0 Å². The summed E-state index contributed by atoms with van der Waals surface area (Å²) in [5.74, 6) is -1.33. The van der Waals surface area contributed by atoms with E-state index in [0.29, 0.717) is 11.1 Å². The first-order valence-electron chi connectivity index (χ1n) is 9.26. The van der Waals surface area contributed by atoms with Gasteiger partial charge < -0.3 is 16.0 Å². The van der Waals surface area contributed by atoms with Gasteiger partial charge in [0.25, 0.3) is 0 Å². The topological polar surface area (TPSA) is 41.3 Å². The summed E-state index contributed by atoms with van der Waals surface area (Å²) in [6, 6.07) is 8.73. The molecule has 0 aliphatic carbocycles. The Morgan fingerprint density at radius 2 is 1.64 bits per heavy atom. The SMILES string of the molecule is Cc1cc(Nc2ccc(N3CCC(C)(C)CC3)cc2)c(N)c(C(F)(F)F)c1F. The highest BCUT2D eigenvalue weighted by Crippen LogP contribution is 2.41. The second kappa shape index (κ2) is 7.18. The number of hydrogen-bond donors (Lipinski definition) is 2. The molecule has 0 bridgehead atoms. The van der Waals surface area contributed by atoms with E-state index in [4.69, 9.17) is 5.73 Å². The van der Waals surface area contributed by atoms with Crippen molar-refractivity contribution in [1.29, 1.82) is 0 Å². The van der Waals surface area contributed by atoms with Crippen molar-refractivity contribution in [3.63, 3.8) is 0 Å². The van der Waals surface area contributed by atoms with E-state index in [2.05, 4.69) is 24.1 Å². The number of hydrogen-bond acceptors (Lipinski definition) is 3. The van der Waals surface area contributed by atoms with Gasteiger partial charge in [-0.15, -0.1) is 0 Å². The van der Waals surface area contributed by atoms with Crippen LogP contribution in [-0.2, 0) is 6.18 Å². The molecular formula is C21H25F4N3.